The number of hydrogen-bond acceptors (Lipinski definition) is 2. The molecule has 0 saturated heterocycles. The van der Waals surface area contributed by atoms with Crippen LogP contribution in [0.4, 0.5) is 0 Å². The van der Waals surface area contributed by atoms with E-state index in [1.165, 1.54) is 12.8 Å². The molecule has 0 heterocycles. The predicted molar refractivity (Wildman–Crippen MR) is 78.2 cm³/mol. The topological polar surface area (TPSA) is 55.1 Å². The van der Waals surface area contributed by atoms with Gasteiger partial charge in [-0.15, -0.1) is 0 Å². The summed E-state index contributed by atoms with van der Waals surface area (Å²) in [5, 5.41) is 4.17. The quantitative estimate of drug-likeness (QED) is 0.891. The molecule has 1 saturated carbocycles. The summed E-state index contributed by atoms with van der Waals surface area (Å²) in [4.78, 5) is 11.1. The first kappa shape index (κ1) is 14.4. The smallest absolute Gasteiger partial charge is 0.248 e. The Morgan fingerprint density at radius 1 is 1.42 bits per heavy atom. The van der Waals surface area contributed by atoms with E-state index >= 15 is 0 Å². The van der Waals surface area contributed by atoms with Crippen molar-refractivity contribution < 1.29 is 4.79 Å². The van der Waals surface area contributed by atoms with Crippen molar-refractivity contribution >= 4 is 17.5 Å². The van der Waals surface area contributed by atoms with Crippen molar-refractivity contribution in [3.05, 3.63) is 34.3 Å². The van der Waals surface area contributed by atoms with Crippen molar-refractivity contribution in [2.75, 3.05) is 0 Å². The van der Waals surface area contributed by atoms with E-state index in [1.54, 1.807) is 12.1 Å². The van der Waals surface area contributed by atoms with Gasteiger partial charge in [0.05, 0.1) is 0 Å². The van der Waals surface area contributed by atoms with Crippen molar-refractivity contribution in [3.63, 3.8) is 0 Å². The summed E-state index contributed by atoms with van der Waals surface area (Å²) in [5.41, 5.74) is 6.69. The first-order chi connectivity index (χ1) is 8.99. The molecule has 104 valence electrons. The van der Waals surface area contributed by atoms with E-state index in [0.717, 1.165) is 18.0 Å². The van der Waals surface area contributed by atoms with Crippen molar-refractivity contribution in [2.24, 2.45) is 17.6 Å². The van der Waals surface area contributed by atoms with E-state index < -0.39 is 5.91 Å². The van der Waals surface area contributed by atoms with E-state index in [-0.39, 0.29) is 0 Å². The van der Waals surface area contributed by atoms with Crippen LogP contribution in [-0.4, -0.2) is 11.9 Å². The largest absolute Gasteiger partial charge is 0.366 e. The van der Waals surface area contributed by atoms with Crippen LogP contribution in [0, 0.1) is 11.8 Å². The zero-order valence-electron chi connectivity index (χ0n) is 11.4. The number of benzene rings is 1. The average Bonchev–Trinajstić information content (AvgIpc) is 2.68. The lowest BCUT2D eigenvalue weighted by atomic mass is 9.97. The Balaban J connectivity index is 1.98. The van der Waals surface area contributed by atoms with Crippen LogP contribution in [0.15, 0.2) is 18.2 Å². The number of carbonyl (C=O) groups is 1. The predicted octanol–water partition coefficient (Wildman–Crippen LogP) is 2.96. The standard InChI is InChI=1S/C15H21ClN2O/c1-9-3-6-14(10(9)2)18-8-12-5-4-11(15(17)19)7-13(12)16/h4-5,7,9-10,14,18H,3,6,8H2,1-2H3,(H2,17,19). The van der Waals surface area contributed by atoms with Gasteiger partial charge in [-0.1, -0.05) is 31.5 Å². The lowest BCUT2D eigenvalue weighted by Crippen LogP contribution is -2.32. The van der Waals surface area contributed by atoms with Crippen LogP contribution in [0.2, 0.25) is 5.02 Å². The highest BCUT2D eigenvalue weighted by atomic mass is 35.5. The molecule has 1 fully saturated rings. The molecule has 3 nitrogen and oxygen atoms in total. The van der Waals surface area contributed by atoms with E-state index in [9.17, 15) is 4.79 Å². The van der Waals surface area contributed by atoms with Gasteiger partial charge in [0.15, 0.2) is 0 Å². The van der Waals surface area contributed by atoms with E-state index in [0.29, 0.717) is 22.5 Å². The number of carbonyl (C=O) groups excluding carboxylic acids is 1. The normalized spacial score (nSPS) is 26.6. The van der Waals surface area contributed by atoms with E-state index in [2.05, 4.69) is 19.2 Å². The van der Waals surface area contributed by atoms with Crippen LogP contribution in [0.1, 0.15) is 42.6 Å². The second kappa shape index (κ2) is 5.93. The number of nitrogens with two attached hydrogens (primary N) is 1. The SMILES string of the molecule is CC1CCC(NCc2ccc(C(N)=O)cc2Cl)C1C. The van der Waals surface area contributed by atoms with Crippen LogP contribution in [0.25, 0.3) is 0 Å². The third kappa shape index (κ3) is 3.28. The van der Waals surface area contributed by atoms with Crippen molar-refractivity contribution in [2.45, 2.75) is 39.3 Å². The first-order valence-corrected chi connectivity index (χ1v) is 7.18. The molecule has 0 spiro atoms. The number of amides is 1. The molecule has 1 aromatic rings. The minimum Gasteiger partial charge on any atom is -0.366 e. The molecule has 1 aliphatic rings. The summed E-state index contributed by atoms with van der Waals surface area (Å²) in [6.45, 7) is 5.34. The van der Waals surface area contributed by atoms with Gasteiger partial charge in [0.1, 0.15) is 0 Å². The molecule has 1 aliphatic carbocycles. The van der Waals surface area contributed by atoms with Crippen molar-refractivity contribution in [3.8, 4) is 0 Å². The number of rotatable bonds is 4. The fraction of sp³-hybridized carbons (Fsp3) is 0.533. The Morgan fingerprint density at radius 2 is 2.16 bits per heavy atom. The molecule has 0 aromatic heterocycles. The van der Waals surface area contributed by atoms with Crippen LogP contribution >= 0.6 is 11.6 Å². The van der Waals surface area contributed by atoms with Crippen LogP contribution in [0.3, 0.4) is 0 Å². The highest BCUT2D eigenvalue weighted by molar-refractivity contribution is 6.31. The fourth-order valence-electron chi connectivity index (χ4n) is 2.74. The Morgan fingerprint density at radius 3 is 2.68 bits per heavy atom. The molecule has 1 amide bonds. The summed E-state index contributed by atoms with van der Waals surface area (Å²) in [6, 6.07) is 5.80. The molecule has 0 bridgehead atoms. The molecule has 1 aromatic carbocycles. The van der Waals surface area contributed by atoms with Crippen LogP contribution in [-0.2, 0) is 6.54 Å². The number of halogens is 1. The summed E-state index contributed by atoms with van der Waals surface area (Å²) in [6.07, 6.45) is 2.51. The van der Waals surface area contributed by atoms with Gasteiger partial charge in [0, 0.05) is 23.2 Å². The Bertz CT molecular complexity index is 475. The van der Waals surface area contributed by atoms with Gasteiger partial charge in [0.25, 0.3) is 0 Å². The van der Waals surface area contributed by atoms with Gasteiger partial charge in [-0.25, -0.2) is 0 Å². The zero-order chi connectivity index (χ0) is 14.0. The summed E-state index contributed by atoms with van der Waals surface area (Å²) in [5.74, 6) is 1.04. The molecule has 19 heavy (non-hydrogen) atoms. The van der Waals surface area contributed by atoms with Crippen LogP contribution in [0.5, 0.6) is 0 Å². The highest BCUT2D eigenvalue weighted by Gasteiger charge is 2.29. The number of primary amides is 1. The Hall–Kier alpha value is -1.06. The fourth-order valence-corrected chi connectivity index (χ4v) is 2.99. The second-order valence-corrected chi connectivity index (χ2v) is 5.98. The minimum atomic E-state index is -0.445. The molecule has 0 radical (unpaired) electrons. The van der Waals surface area contributed by atoms with Gasteiger partial charge < -0.3 is 11.1 Å². The summed E-state index contributed by atoms with van der Waals surface area (Å²) >= 11 is 6.18. The number of nitrogens with one attached hydrogen (secondary N) is 1. The molecule has 3 unspecified atom stereocenters. The maximum absolute atomic E-state index is 11.1. The molecule has 3 N–H and O–H groups in total. The Labute approximate surface area is 119 Å². The molecule has 2 rings (SSSR count). The van der Waals surface area contributed by atoms with Gasteiger partial charge in [-0.3, -0.25) is 4.79 Å². The summed E-state index contributed by atoms with van der Waals surface area (Å²) < 4.78 is 0. The van der Waals surface area contributed by atoms with Gasteiger partial charge in [-0.2, -0.15) is 0 Å². The third-order valence-corrected chi connectivity index (χ3v) is 4.71. The van der Waals surface area contributed by atoms with E-state index in [1.807, 2.05) is 6.07 Å². The van der Waals surface area contributed by atoms with Crippen molar-refractivity contribution in [1.29, 1.82) is 0 Å². The van der Waals surface area contributed by atoms with Crippen molar-refractivity contribution in [1.82, 2.24) is 5.32 Å². The monoisotopic (exact) mass is 280 g/mol. The molecule has 0 aliphatic heterocycles. The second-order valence-electron chi connectivity index (χ2n) is 5.57. The van der Waals surface area contributed by atoms with Crippen LogP contribution < -0.4 is 11.1 Å². The van der Waals surface area contributed by atoms with Gasteiger partial charge in [0.2, 0.25) is 5.91 Å². The van der Waals surface area contributed by atoms with Gasteiger partial charge in [-0.05, 0) is 42.4 Å². The van der Waals surface area contributed by atoms with E-state index in [4.69, 9.17) is 17.3 Å². The highest BCUT2D eigenvalue weighted by Crippen LogP contribution is 2.31. The average molecular weight is 281 g/mol. The lowest BCUT2D eigenvalue weighted by molar-refractivity contribution is 0.100. The summed E-state index contributed by atoms with van der Waals surface area (Å²) in [7, 11) is 0. The molecule has 4 heteroatoms. The molecular weight excluding hydrogens is 260 g/mol. The minimum absolute atomic E-state index is 0.445. The number of hydrogen-bond donors (Lipinski definition) is 2. The molecule has 3 atom stereocenters. The Kier molecular flexibility index (Phi) is 4.48. The zero-order valence-corrected chi connectivity index (χ0v) is 12.2. The maximum Gasteiger partial charge on any atom is 0.248 e. The third-order valence-electron chi connectivity index (χ3n) is 4.36. The first-order valence-electron chi connectivity index (χ1n) is 6.80. The lowest BCUT2D eigenvalue weighted by Gasteiger charge is -2.20. The maximum atomic E-state index is 11.1. The van der Waals surface area contributed by atoms with Gasteiger partial charge >= 0.3 is 0 Å². The molecular formula is C15H21ClN2O.